The monoisotopic (exact) mass is 333 g/mol. The van der Waals surface area contributed by atoms with E-state index in [1.807, 2.05) is 51.1 Å². The molecule has 3 aromatic rings. The first-order chi connectivity index (χ1) is 10.3. The molecular formula is C16H16ClN3OS. The van der Waals surface area contributed by atoms with Gasteiger partial charge in [0.25, 0.3) is 5.56 Å². The first-order valence-electron chi connectivity index (χ1n) is 6.90. The van der Waals surface area contributed by atoms with E-state index in [1.165, 1.54) is 11.3 Å². The number of hydrogen-bond acceptors (Lipinski definition) is 4. The largest absolute Gasteiger partial charge is 0.351 e. The molecule has 0 saturated carbocycles. The van der Waals surface area contributed by atoms with Crippen LogP contribution in [0.15, 0.2) is 35.1 Å². The third-order valence-corrected chi connectivity index (χ3v) is 4.43. The highest BCUT2D eigenvalue weighted by Gasteiger charge is 2.14. The maximum atomic E-state index is 12.2. The van der Waals surface area contributed by atoms with Crippen molar-refractivity contribution in [1.82, 2.24) is 9.97 Å². The second kappa shape index (κ2) is 5.41. The highest BCUT2D eigenvalue weighted by molar-refractivity contribution is 7.22. The van der Waals surface area contributed by atoms with Crippen molar-refractivity contribution in [3.05, 3.63) is 45.7 Å². The van der Waals surface area contributed by atoms with Gasteiger partial charge in [-0.3, -0.25) is 9.78 Å². The normalized spacial score (nSPS) is 11.8. The zero-order chi connectivity index (χ0) is 15.9. The summed E-state index contributed by atoms with van der Waals surface area (Å²) in [6.45, 7) is 6.05. The number of hydrogen-bond donors (Lipinski definition) is 2. The lowest BCUT2D eigenvalue weighted by Crippen LogP contribution is -2.28. The number of nitrogens with one attached hydrogen (secondary N) is 2. The van der Waals surface area contributed by atoms with Crippen LogP contribution in [0, 0.1) is 0 Å². The maximum absolute atomic E-state index is 12.2. The van der Waals surface area contributed by atoms with Gasteiger partial charge in [0.05, 0.1) is 5.52 Å². The van der Waals surface area contributed by atoms with Gasteiger partial charge >= 0.3 is 0 Å². The molecule has 0 saturated heterocycles. The number of benzene rings is 1. The second-order valence-electron chi connectivity index (χ2n) is 6.12. The van der Waals surface area contributed by atoms with Crippen LogP contribution < -0.4 is 10.9 Å². The summed E-state index contributed by atoms with van der Waals surface area (Å²) < 4.78 is 0.629. The van der Waals surface area contributed by atoms with Crippen LogP contribution >= 0.6 is 22.9 Å². The summed E-state index contributed by atoms with van der Waals surface area (Å²) >= 11 is 7.35. The summed E-state index contributed by atoms with van der Waals surface area (Å²) in [7, 11) is 0. The average Bonchev–Trinajstić information content (AvgIpc) is 2.82. The number of aromatic nitrogens is 2. The minimum atomic E-state index is -0.168. The first-order valence-corrected chi connectivity index (χ1v) is 8.09. The van der Waals surface area contributed by atoms with Gasteiger partial charge in [0.15, 0.2) is 0 Å². The molecule has 1 aromatic carbocycles. The number of thiophene rings is 1. The van der Waals surface area contributed by atoms with Crippen molar-refractivity contribution in [3.63, 3.8) is 0 Å². The summed E-state index contributed by atoms with van der Waals surface area (Å²) in [6.07, 6.45) is 0. The van der Waals surface area contributed by atoms with Gasteiger partial charge in [-0.1, -0.05) is 23.7 Å². The molecule has 2 aromatic heterocycles. The Labute approximate surface area is 137 Å². The molecule has 0 fully saturated rings. The van der Waals surface area contributed by atoms with Crippen molar-refractivity contribution < 1.29 is 0 Å². The van der Waals surface area contributed by atoms with Crippen molar-refractivity contribution in [1.29, 1.82) is 0 Å². The summed E-state index contributed by atoms with van der Waals surface area (Å²) in [5, 5.41) is 3.88. The smallest absolute Gasteiger partial charge is 0.270 e. The average molecular weight is 334 g/mol. The fourth-order valence-electron chi connectivity index (χ4n) is 2.11. The van der Waals surface area contributed by atoms with E-state index in [-0.39, 0.29) is 11.1 Å². The van der Waals surface area contributed by atoms with E-state index in [0.717, 1.165) is 10.4 Å². The van der Waals surface area contributed by atoms with Crippen molar-refractivity contribution in [2.45, 2.75) is 26.3 Å². The predicted octanol–water partition coefficient (Wildman–Crippen LogP) is 4.52. The Morgan fingerprint density at radius 2 is 1.91 bits per heavy atom. The van der Waals surface area contributed by atoms with E-state index in [2.05, 4.69) is 15.3 Å². The van der Waals surface area contributed by atoms with Crippen LogP contribution in [0.2, 0.25) is 5.02 Å². The van der Waals surface area contributed by atoms with Gasteiger partial charge in [-0.15, -0.1) is 11.3 Å². The predicted molar refractivity (Wildman–Crippen MR) is 94.1 cm³/mol. The van der Waals surface area contributed by atoms with Gasteiger partial charge in [-0.05, 0) is 44.5 Å². The molecule has 0 atom stereocenters. The zero-order valence-electron chi connectivity index (χ0n) is 12.5. The summed E-state index contributed by atoms with van der Waals surface area (Å²) in [5.74, 6) is 0.491. The fraction of sp³-hybridized carbons (Fsp3) is 0.250. The van der Waals surface area contributed by atoms with E-state index in [1.54, 1.807) is 0 Å². The van der Waals surface area contributed by atoms with Crippen LogP contribution in [0.5, 0.6) is 0 Å². The van der Waals surface area contributed by atoms with Crippen LogP contribution in [0.4, 0.5) is 5.95 Å². The van der Waals surface area contributed by atoms with Crippen molar-refractivity contribution in [2.24, 2.45) is 0 Å². The summed E-state index contributed by atoms with van der Waals surface area (Å²) in [6, 6.07) is 9.49. The Morgan fingerprint density at radius 1 is 1.23 bits per heavy atom. The molecule has 0 radical (unpaired) electrons. The molecule has 3 rings (SSSR count). The molecule has 2 heterocycles. The van der Waals surface area contributed by atoms with Crippen LogP contribution in [0.25, 0.3) is 20.7 Å². The van der Waals surface area contributed by atoms with Gasteiger partial charge in [0.1, 0.15) is 4.70 Å². The number of fused-ring (bicyclic) bond motifs is 1. The van der Waals surface area contributed by atoms with Gasteiger partial charge in [0, 0.05) is 15.4 Å². The fourth-order valence-corrected chi connectivity index (χ4v) is 3.23. The molecule has 2 N–H and O–H groups in total. The third-order valence-electron chi connectivity index (χ3n) is 3.01. The Kier molecular flexibility index (Phi) is 3.70. The molecule has 0 aliphatic carbocycles. The lowest BCUT2D eigenvalue weighted by Gasteiger charge is -2.20. The lowest BCUT2D eigenvalue weighted by molar-refractivity contribution is 0.626. The first kappa shape index (κ1) is 15.1. The summed E-state index contributed by atoms with van der Waals surface area (Å²) in [4.78, 5) is 20.5. The minimum Gasteiger partial charge on any atom is -0.351 e. The lowest BCUT2D eigenvalue weighted by atomic mass is 10.1. The number of aromatic amines is 1. The maximum Gasteiger partial charge on any atom is 0.270 e. The molecule has 0 bridgehead atoms. The molecule has 0 spiro atoms. The highest BCUT2D eigenvalue weighted by Crippen LogP contribution is 2.31. The quantitative estimate of drug-likeness (QED) is 0.725. The molecule has 4 nitrogen and oxygen atoms in total. The Balaban J connectivity index is 2.08. The zero-order valence-corrected chi connectivity index (χ0v) is 14.1. The topological polar surface area (TPSA) is 57.8 Å². The molecule has 0 unspecified atom stereocenters. The van der Waals surface area contributed by atoms with E-state index in [9.17, 15) is 4.79 Å². The second-order valence-corrected chi connectivity index (χ2v) is 7.61. The van der Waals surface area contributed by atoms with Gasteiger partial charge in [-0.25, -0.2) is 4.98 Å². The molecule has 0 amide bonds. The molecule has 0 aliphatic rings. The number of rotatable bonds is 2. The SMILES string of the molecule is CC(C)(C)Nc1nc2cc(-c3ccc(Cl)cc3)sc2c(=O)[nH]1. The molecule has 22 heavy (non-hydrogen) atoms. The Hall–Kier alpha value is -1.85. The van der Waals surface area contributed by atoms with Gasteiger partial charge in [0.2, 0.25) is 5.95 Å². The van der Waals surface area contributed by atoms with Gasteiger partial charge < -0.3 is 5.32 Å². The Bertz CT molecular complexity index is 875. The number of halogens is 1. The third kappa shape index (κ3) is 3.15. The molecule has 0 aliphatic heterocycles. The number of anilines is 1. The van der Waals surface area contributed by atoms with Crippen molar-refractivity contribution in [2.75, 3.05) is 5.32 Å². The van der Waals surface area contributed by atoms with Crippen molar-refractivity contribution >= 4 is 39.1 Å². The van der Waals surface area contributed by atoms with Crippen LogP contribution in [0.3, 0.4) is 0 Å². The van der Waals surface area contributed by atoms with Gasteiger partial charge in [-0.2, -0.15) is 0 Å². The van der Waals surface area contributed by atoms with Crippen molar-refractivity contribution in [3.8, 4) is 10.4 Å². The standard InChI is InChI=1S/C16H16ClN3OS/c1-16(2,3)20-15-18-11-8-12(22-13(11)14(21)19-15)9-4-6-10(17)7-5-9/h4-8H,1-3H3,(H2,18,19,20,21). The molecule has 114 valence electrons. The highest BCUT2D eigenvalue weighted by atomic mass is 35.5. The number of nitrogens with zero attached hydrogens (tertiary/aromatic N) is 1. The van der Waals surface area contributed by atoms with E-state index < -0.39 is 0 Å². The minimum absolute atomic E-state index is 0.123. The van der Waals surface area contributed by atoms with Crippen LogP contribution in [-0.2, 0) is 0 Å². The van der Waals surface area contributed by atoms with Crippen LogP contribution in [-0.4, -0.2) is 15.5 Å². The van der Waals surface area contributed by atoms with E-state index in [4.69, 9.17) is 11.6 Å². The van der Waals surface area contributed by atoms with E-state index in [0.29, 0.717) is 21.2 Å². The van der Waals surface area contributed by atoms with Crippen LogP contribution in [0.1, 0.15) is 20.8 Å². The van der Waals surface area contributed by atoms with E-state index >= 15 is 0 Å². The molecular weight excluding hydrogens is 318 g/mol. The summed E-state index contributed by atoms with van der Waals surface area (Å²) in [5.41, 5.74) is 1.43. The molecule has 6 heteroatoms. The Morgan fingerprint density at radius 3 is 2.55 bits per heavy atom. The number of H-pyrrole nitrogens is 1.